The number of nitrogens with two attached hydrogens (primary N) is 1. The number of aliphatic hydroxyl groups is 1. The first-order chi connectivity index (χ1) is 5.60. The Bertz CT molecular complexity index is 103. The first-order valence-corrected chi connectivity index (χ1v) is 4.74. The molecule has 3 heteroatoms. The standard InChI is InChI=1S/C9H22N2O/c1-4-9(6-10)11-7(2)5-8(3)12/h7-9,11-12H,4-6,10H2,1-3H3. The van der Waals surface area contributed by atoms with Crippen LogP contribution in [0.5, 0.6) is 0 Å². The van der Waals surface area contributed by atoms with Gasteiger partial charge in [0.05, 0.1) is 6.10 Å². The van der Waals surface area contributed by atoms with Crippen LogP contribution in [0.2, 0.25) is 0 Å². The van der Waals surface area contributed by atoms with Gasteiger partial charge in [-0.2, -0.15) is 0 Å². The molecule has 3 unspecified atom stereocenters. The van der Waals surface area contributed by atoms with Crippen LogP contribution in [0, 0.1) is 0 Å². The SMILES string of the molecule is CCC(CN)NC(C)CC(C)O. The van der Waals surface area contributed by atoms with Crippen molar-refractivity contribution in [1.82, 2.24) is 5.32 Å². The van der Waals surface area contributed by atoms with Gasteiger partial charge in [0.25, 0.3) is 0 Å². The normalized spacial score (nSPS) is 18.8. The lowest BCUT2D eigenvalue weighted by Gasteiger charge is -2.21. The number of hydrogen-bond acceptors (Lipinski definition) is 3. The minimum absolute atomic E-state index is 0.234. The molecule has 0 aliphatic heterocycles. The summed E-state index contributed by atoms with van der Waals surface area (Å²) >= 11 is 0. The summed E-state index contributed by atoms with van der Waals surface area (Å²) in [6.07, 6.45) is 1.60. The van der Waals surface area contributed by atoms with Crippen LogP contribution >= 0.6 is 0 Å². The molecule has 0 radical (unpaired) electrons. The monoisotopic (exact) mass is 174 g/mol. The molecule has 3 atom stereocenters. The van der Waals surface area contributed by atoms with Crippen molar-refractivity contribution in [3.05, 3.63) is 0 Å². The third kappa shape index (κ3) is 5.52. The van der Waals surface area contributed by atoms with Gasteiger partial charge in [0.1, 0.15) is 0 Å². The zero-order chi connectivity index (χ0) is 9.56. The van der Waals surface area contributed by atoms with Crippen LogP contribution < -0.4 is 11.1 Å². The second kappa shape index (κ2) is 6.40. The fourth-order valence-electron chi connectivity index (χ4n) is 1.33. The van der Waals surface area contributed by atoms with Crippen LogP contribution in [-0.2, 0) is 0 Å². The van der Waals surface area contributed by atoms with E-state index in [1.165, 1.54) is 0 Å². The van der Waals surface area contributed by atoms with E-state index in [-0.39, 0.29) is 6.10 Å². The average Bonchev–Trinajstić information content (AvgIpc) is 1.98. The molecule has 0 saturated heterocycles. The van der Waals surface area contributed by atoms with Crippen molar-refractivity contribution >= 4 is 0 Å². The molecule has 12 heavy (non-hydrogen) atoms. The Labute approximate surface area is 75.3 Å². The highest BCUT2D eigenvalue weighted by Crippen LogP contribution is 1.99. The van der Waals surface area contributed by atoms with Gasteiger partial charge in [-0.1, -0.05) is 6.92 Å². The van der Waals surface area contributed by atoms with Gasteiger partial charge in [-0.25, -0.2) is 0 Å². The van der Waals surface area contributed by atoms with Gasteiger partial charge in [0, 0.05) is 18.6 Å². The fourth-order valence-corrected chi connectivity index (χ4v) is 1.33. The fraction of sp³-hybridized carbons (Fsp3) is 1.00. The minimum atomic E-state index is -0.234. The van der Waals surface area contributed by atoms with E-state index in [9.17, 15) is 0 Å². The summed E-state index contributed by atoms with van der Waals surface area (Å²) in [4.78, 5) is 0. The molecule has 0 aromatic rings. The molecule has 0 aromatic carbocycles. The Morgan fingerprint density at radius 1 is 1.42 bits per heavy atom. The van der Waals surface area contributed by atoms with E-state index in [2.05, 4.69) is 19.2 Å². The molecule has 74 valence electrons. The molecule has 0 heterocycles. The summed E-state index contributed by atoms with van der Waals surface area (Å²) in [6.45, 7) is 6.66. The number of rotatable bonds is 6. The third-order valence-corrected chi connectivity index (χ3v) is 1.99. The summed E-state index contributed by atoms with van der Waals surface area (Å²) < 4.78 is 0. The highest BCUT2D eigenvalue weighted by Gasteiger charge is 2.09. The zero-order valence-electron chi connectivity index (χ0n) is 8.38. The summed E-state index contributed by atoms with van der Waals surface area (Å²) in [5.41, 5.74) is 5.54. The van der Waals surface area contributed by atoms with Crippen molar-refractivity contribution in [2.75, 3.05) is 6.54 Å². The van der Waals surface area contributed by atoms with Crippen LogP contribution in [0.15, 0.2) is 0 Å². The smallest absolute Gasteiger partial charge is 0.0526 e. The second-order valence-corrected chi connectivity index (χ2v) is 3.49. The molecule has 3 nitrogen and oxygen atoms in total. The van der Waals surface area contributed by atoms with Gasteiger partial charge in [-0.3, -0.25) is 0 Å². The van der Waals surface area contributed by atoms with Gasteiger partial charge in [-0.05, 0) is 26.7 Å². The molecule has 4 N–H and O–H groups in total. The lowest BCUT2D eigenvalue weighted by atomic mass is 10.1. The number of nitrogens with one attached hydrogen (secondary N) is 1. The largest absolute Gasteiger partial charge is 0.393 e. The van der Waals surface area contributed by atoms with E-state index in [0.29, 0.717) is 18.6 Å². The lowest BCUT2D eigenvalue weighted by Crippen LogP contribution is -2.42. The van der Waals surface area contributed by atoms with Crippen molar-refractivity contribution < 1.29 is 5.11 Å². The second-order valence-electron chi connectivity index (χ2n) is 3.49. The number of aliphatic hydroxyl groups excluding tert-OH is 1. The maximum atomic E-state index is 9.11. The average molecular weight is 174 g/mol. The third-order valence-electron chi connectivity index (χ3n) is 1.99. The molecule has 0 saturated carbocycles. The van der Waals surface area contributed by atoms with Crippen LogP contribution in [0.4, 0.5) is 0 Å². The van der Waals surface area contributed by atoms with Crippen LogP contribution in [0.25, 0.3) is 0 Å². The minimum Gasteiger partial charge on any atom is -0.393 e. The first kappa shape index (κ1) is 11.9. The predicted octanol–water partition coefficient (Wildman–Crippen LogP) is 0.473. The molecule has 0 spiro atoms. The van der Waals surface area contributed by atoms with Crippen molar-refractivity contribution in [1.29, 1.82) is 0 Å². The van der Waals surface area contributed by atoms with Crippen LogP contribution in [0.3, 0.4) is 0 Å². The molecular formula is C9H22N2O. The summed E-state index contributed by atoms with van der Waals surface area (Å²) in [5, 5.41) is 12.5. The van der Waals surface area contributed by atoms with E-state index >= 15 is 0 Å². The maximum absolute atomic E-state index is 9.11. The topological polar surface area (TPSA) is 58.3 Å². The van der Waals surface area contributed by atoms with Gasteiger partial charge in [0.2, 0.25) is 0 Å². The van der Waals surface area contributed by atoms with Crippen molar-refractivity contribution in [2.24, 2.45) is 5.73 Å². The van der Waals surface area contributed by atoms with E-state index in [1.807, 2.05) is 6.92 Å². The molecule has 0 aromatic heterocycles. The van der Waals surface area contributed by atoms with Gasteiger partial charge < -0.3 is 16.2 Å². The molecule has 0 rings (SSSR count). The Balaban J connectivity index is 3.58. The quantitative estimate of drug-likeness (QED) is 0.549. The van der Waals surface area contributed by atoms with Crippen molar-refractivity contribution in [2.45, 2.75) is 51.8 Å². The summed E-state index contributed by atoms with van der Waals surface area (Å²) in [5.74, 6) is 0. The molecular weight excluding hydrogens is 152 g/mol. The van der Waals surface area contributed by atoms with E-state index in [0.717, 1.165) is 12.8 Å². The Kier molecular flexibility index (Phi) is 6.34. The molecule has 0 fully saturated rings. The highest BCUT2D eigenvalue weighted by molar-refractivity contribution is 4.72. The van der Waals surface area contributed by atoms with E-state index in [1.54, 1.807) is 0 Å². The molecule has 0 aliphatic carbocycles. The molecule has 0 bridgehead atoms. The Morgan fingerprint density at radius 3 is 2.33 bits per heavy atom. The van der Waals surface area contributed by atoms with E-state index < -0.39 is 0 Å². The van der Waals surface area contributed by atoms with Crippen molar-refractivity contribution in [3.8, 4) is 0 Å². The zero-order valence-corrected chi connectivity index (χ0v) is 8.38. The molecule has 0 amide bonds. The summed E-state index contributed by atoms with van der Waals surface area (Å²) in [6, 6.07) is 0.734. The predicted molar refractivity (Wildman–Crippen MR) is 52.0 cm³/mol. The maximum Gasteiger partial charge on any atom is 0.0526 e. The lowest BCUT2D eigenvalue weighted by molar-refractivity contribution is 0.167. The van der Waals surface area contributed by atoms with Crippen molar-refractivity contribution in [3.63, 3.8) is 0 Å². The highest BCUT2D eigenvalue weighted by atomic mass is 16.3. The van der Waals surface area contributed by atoms with Gasteiger partial charge >= 0.3 is 0 Å². The first-order valence-electron chi connectivity index (χ1n) is 4.74. The number of hydrogen-bond donors (Lipinski definition) is 3. The Hall–Kier alpha value is -0.120. The Morgan fingerprint density at radius 2 is 2.00 bits per heavy atom. The van der Waals surface area contributed by atoms with Gasteiger partial charge in [-0.15, -0.1) is 0 Å². The van der Waals surface area contributed by atoms with Crippen LogP contribution in [0.1, 0.15) is 33.6 Å². The van der Waals surface area contributed by atoms with E-state index in [4.69, 9.17) is 10.8 Å². The van der Waals surface area contributed by atoms with Gasteiger partial charge in [0.15, 0.2) is 0 Å². The van der Waals surface area contributed by atoms with Crippen LogP contribution in [-0.4, -0.2) is 29.8 Å². The molecule has 0 aliphatic rings. The summed E-state index contributed by atoms with van der Waals surface area (Å²) in [7, 11) is 0.